The Morgan fingerprint density at radius 1 is 1.31 bits per heavy atom. The maximum atomic E-state index is 12.8. The van der Waals surface area contributed by atoms with Crippen LogP contribution >= 0.6 is 23.1 Å². The number of hydrogen-bond donors (Lipinski definition) is 1. The topological polar surface area (TPSA) is 84.7 Å². The van der Waals surface area contributed by atoms with Gasteiger partial charge in [-0.3, -0.25) is 9.59 Å². The molecule has 7 nitrogen and oxygen atoms in total. The minimum atomic E-state index is -0.502. The summed E-state index contributed by atoms with van der Waals surface area (Å²) in [5.74, 6) is 2.16. The standard InChI is InChI=1S/C20H19N3O4S2/c1-26-15-6-4-13(5-7-15)21-19(25)16-11-28-12-23(16)18(24)9-14-10-29-20(22-14)17-3-2-8-27-17/h2-8,10,16H,9,11-12H2,1H3,(H,21,25). The van der Waals surface area contributed by atoms with Crippen molar-refractivity contribution in [2.75, 3.05) is 24.1 Å². The normalized spacial score (nSPS) is 16.0. The molecule has 1 aliphatic heterocycles. The van der Waals surface area contributed by atoms with E-state index >= 15 is 0 Å². The highest BCUT2D eigenvalue weighted by atomic mass is 32.2. The van der Waals surface area contributed by atoms with Gasteiger partial charge in [-0.25, -0.2) is 4.98 Å². The van der Waals surface area contributed by atoms with Gasteiger partial charge in [-0.2, -0.15) is 0 Å². The lowest BCUT2D eigenvalue weighted by molar-refractivity contribution is -0.135. The van der Waals surface area contributed by atoms with Gasteiger partial charge >= 0.3 is 0 Å². The van der Waals surface area contributed by atoms with Gasteiger partial charge in [0.05, 0.1) is 31.4 Å². The van der Waals surface area contributed by atoms with Crippen LogP contribution in [0.3, 0.4) is 0 Å². The van der Waals surface area contributed by atoms with Crippen LogP contribution in [0.25, 0.3) is 10.8 Å². The highest BCUT2D eigenvalue weighted by molar-refractivity contribution is 7.99. The summed E-state index contributed by atoms with van der Waals surface area (Å²) in [4.78, 5) is 31.6. The van der Waals surface area contributed by atoms with Crippen LogP contribution in [0.5, 0.6) is 5.75 Å². The Morgan fingerprint density at radius 3 is 2.86 bits per heavy atom. The molecule has 0 spiro atoms. The number of amides is 2. The Bertz CT molecular complexity index is 986. The average molecular weight is 430 g/mol. The van der Waals surface area contributed by atoms with Gasteiger partial charge in [0.2, 0.25) is 11.8 Å². The molecule has 1 atom stereocenters. The van der Waals surface area contributed by atoms with Gasteiger partial charge in [0, 0.05) is 16.8 Å². The van der Waals surface area contributed by atoms with E-state index in [0.717, 1.165) is 5.01 Å². The van der Waals surface area contributed by atoms with Crippen LogP contribution in [-0.2, 0) is 16.0 Å². The number of benzene rings is 1. The maximum absolute atomic E-state index is 12.8. The zero-order valence-electron chi connectivity index (χ0n) is 15.7. The monoisotopic (exact) mass is 429 g/mol. The quantitative estimate of drug-likeness (QED) is 0.646. The first kappa shape index (κ1) is 19.5. The first-order valence-corrected chi connectivity index (χ1v) is 11.0. The number of hydrogen-bond acceptors (Lipinski definition) is 7. The highest BCUT2D eigenvalue weighted by Crippen LogP contribution is 2.26. The van der Waals surface area contributed by atoms with E-state index < -0.39 is 6.04 Å². The third-order valence-electron chi connectivity index (χ3n) is 4.48. The molecule has 2 amide bonds. The molecular weight excluding hydrogens is 410 g/mol. The second-order valence-electron chi connectivity index (χ2n) is 6.40. The molecule has 1 N–H and O–H groups in total. The lowest BCUT2D eigenvalue weighted by Crippen LogP contribution is -2.45. The lowest BCUT2D eigenvalue weighted by atomic mass is 10.2. The smallest absolute Gasteiger partial charge is 0.248 e. The number of nitrogens with one attached hydrogen (secondary N) is 1. The van der Waals surface area contributed by atoms with Crippen LogP contribution in [-0.4, -0.2) is 46.5 Å². The molecule has 9 heteroatoms. The predicted octanol–water partition coefficient (Wildman–Crippen LogP) is 3.49. The third-order valence-corrected chi connectivity index (χ3v) is 6.40. The van der Waals surface area contributed by atoms with Crippen LogP contribution in [0, 0.1) is 0 Å². The van der Waals surface area contributed by atoms with Gasteiger partial charge in [-0.05, 0) is 36.4 Å². The Kier molecular flexibility index (Phi) is 5.86. The van der Waals surface area contributed by atoms with Crippen molar-refractivity contribution in [2.24, 2.45) is 0 Å². The number of aromatic nitrogens is 1. The van der Waals surface area contributed by atoms with Gasteiger partial charge in [0.15, 0.2) is 10.8 Å². The molecule has 1 saturated heterocycles. The van der Waals surface area contributed by atoms with Crippen LogP contribution in [0.1, 0.15) is 5.69 Å². The number of ether oxygens (including phenoxy) is 1. The van der Waals surface area contributed by atoms with Gasteiger partial charge in [-0.1, -0.05) is 0 Å². The lowest BCUT2D eigenvalue weighted by Gasteiger charge is -2.23. The highest BCUT2D eigenvalue weighted by Gasteiger charge is 2.34. The number of carbonyl (C=O) groups is 2. The van der Waals surface area contributed by atoms with Crippen LogP contribution < -0.4 is 10.1 Å². The van der Waals surface area contributed by atoms with Gasteiger partial charge in [0.1, 0.15) is 11.8 Å². The fourth-order valence-corrected chi connectivity index (χ4v) is 4.93. The summed E-state index contributed by atoms with van der Waals surface area (Å²) in [6.07, 6.45) is 1.75. The second kappa shape index (κ2) is 8.71. The summed E-state index contributed by atoms with van der Waals surface area (Å²) in [6, 6.07) is 10.2. The summed E-state index contributed by atoms with van der Waals surface area (Å²) in [7, 11) is 1.59. The summed E-state index contributed by atoms with van der Waals surface area (Å²) in [5, 5.41) is 5.47. The Hall–Kier alpha value is -2.78. The molecule has 0 aliphatic carbocycles. The zero-order valence-corrected chi connectivity index (χ0v) is 17.3. The van der Waals surface area contributed by atoms with Crippen LogP contribution in [0.4, 0.5) is 5.69 Å². The molecule has 3 aromatic rings. The average Bonchev–Trinajstić information content (AvgIpc) is 3.48. The van der Waals surface area contributed by atoms with E-state index in [2.05, 4.69) is 10.3 Å². The van der Waals surface area contributed by atoms with Gasteiger partial charge in [0.25, 0.3) is 0 Å². The van der Waals surface area contributed by atoms with Crippen molar-refractivity contribution in [3.8, 4) is 16.5 Å². The van der Waals surface area contributed by atoms with Crippen molar-refractivity contribution in [2.45, 2.75) is 12.5 Å². The van der Waals surface area contributed by atoms with Crippen molar-refractivity contribution in [3.05, 3.63) is 53.7 Å². The number of anilines is 1. The zero-order chi connectivity index (χ0) is 20.2. The molecule has 3 heterocycles. The molecule has 1 fully saturated rings. The van der Waals surface area contributed by atoms with E-state index in [0.29, 0.717) is 34.5 Å². The second-order valence-corrected chi connectivity index (χ2v) is 8.25. The summed E-state index contributed by atoms with van der Waals surface area (Å²) in [5.41, 5.74) is 1.35. The van der Waals surface area contributed by atoms with Crippen LogP contribution in [0.15, 0.2) is 52.5 Å². The number of methoxy groups -OCH3 is 1. The number of nitrogens with zero attached hydrogens (tertiary/aromatic N) is 2. The van der Waals surface area contributed by atoms with Crippen molar-refractivity contribution in [1.29, 1.82) is 0 Å². The Labute approximate surface area is 176 Å². The SMILES string of the molecule is COc1ccc(NC(=O)C2CSCN2C(=O)Cc2csc(-c3ccco3)n2)cc1. The van der Waals surface area contributed by atoms with E-state index in [4.69, 9.17) is 9.15 Å². The van der Waals surface area contributed by atoms with E-state index in [1.165, 1.54) is 11.3 Å². The van der Waals surface area contributed by atoms with E-state index in [1.807, 2.05) is 11.4 Å². The molecule has 150 valence electrons. The minimum absolute atomic E-state index is 0.110. The van der Waals surface area contributed by atoms with Crippen molar-refractivity contribution in [3.63, 3.8) is 0 Å². The minimum Gasteiger partial charge on any atom is -0.497 e. The Morgan fingerprint density at radius 2 is 2.14 bits per heavy atom. The third kappa shape index (κ3) is 4.46. The predicted molar refractivity (Wildman–Crippen MR) is 113 cm³/mol. The summed E-state index contributed by atoms with van der Waals surface area (Å²) >= 11 is 3.00. The number of carbonyl (C=O) groups excluding carboxylic acids is 2. The van der Waals surface area contributed by atoms with Crippen LogP contribution in [0.2, 0.25) is 0 Å². The summed E-state index contributed by atoms with van der Waals surface area (Å²) in [6.45, 7) is 0. The van der Waals surface area contributed by atoms with E-state index in [1.54, 1.807) is 60.4 Å². The number of rotatable bonds is 6. The molecule has 1 unspecified atom stereocenters. The fourth-order valence-electron chi connectivity index (χ4n) is 2.96. The molecule has 0 saturated carbocycles. The molecule has 2 aromatic heterocycles. The number of thiazole rings is 1. The molecule has 29 heavy (non-hydrogen) atoms. The van der Waals surface area contributed by atoms with Crippen molar-refractivity contribution < 1.29 is 18.7 Å². The molecule has 0 radical (unpaired) electrons. The van der Waals surface area contributed by atoms with Crippen molar-refractivity contribution >= 4 is 40.6 Å². The van der Waals surface area contributed by atoms with Gasteiger partial charge in [-0.15, -0.1) is 23.1 Å². The first-order valence-electron chi connectivity index (χ1n) is 8.94. The van der Waals surface area contributed by atoms with E-state index in [9.17, 15) is 9.59 Å². The molecule has 1 aromatic carbocycles. The number of thioether (sulfide) groups is 1. The molecule has 1 aliphatic rings. The van der Waals surface area contributed by atoms with Gasteiger partial charge < -0.3 is 19.4 Å². The Balaban J connectivity index is 1.39. The molecular formula is C20H19N3O4S2. The maximum Gasteiger partial charge on any atom is 0.248 e. The van der Waals surface area contributed by atoms with E-state index in [-0.39, 0.29) is 18.2 Å². The first-order chi connectivity index (χ1) is 14.1. The molecule has 0 bridgehead atoms. The summed E-state index contributed by atoms with van der Waals surface area (Å²) < 4.78 is 10.5. The fraction of sp³-hybridized carbons (Fsp3) is 0.250. The largest absolute Gasteiger partial charge is 0.497 e. The molecule has 4 rings (SSSR count). The van der Waals surface area contributed by atoms with Crippen molar-refractivity contribution in [1.82, 2.24) is 9.88 Å². The number of furan rings is 1.